The molecular weight excluding hydrogens is 268 g/mol. The van der Waals surface area contributed by atoms with E-state index in [9.17, 15) is 14.4 Å². The van der Waals surface area contributed by atoms with Crippen LogP contribution in [0.2, 0.25) is 5.02 Å². The molecule has 1 fully saturated rings. The third-order valence-corrected chi connectivity index (χ3v) is 3.23. The Labute approximate surface area is 115 Å². The summed E-state index contributed by atoms with van der Waals surface area (Å²) in [5.41, 5.74) is 0.404. The number of likely N-dealkylation sites (N-methyl/N-ethyl adjacent to an activating group) is 1. The minimum Gasteiger partial charge on any atom is -0.326 e. The van der Waals surface area contributed by atoms with E-state index in [0.29, 0.717) is 17.1 Å². The fourth-order valence-corrected chi connectivity index (χ4v) is 2.27. The quantitative estimate of drug-likeness (QED) is 0.847. The van der Waals surface area contributed by atoms with Crippen LogP contribution in [0.5, 0.6) is 0 Å². The second-order valence-corrected chi connectivity index (χ2v) is 4.67. The van der Waals surface area contributed by atoms with E-state index in [1.807, 2.05) is 0 Å². The number of nitrogens with one attached hydrogen (secondary N) is 1. The van der Waals surface area contributed by atoms with E-state index >= 15 is 0 Å². The van der Waals surface area contributed by atoms with Gasteiger partial charge in [0.15, 0.2) is 0 Å². The molecule has 1 unspecified atom stereocenters. The van der Waals surface area contributed by atoms with E-state index in [2.05, 4.69) is 5.32 Å². The Hall–Kier alpha value is -1.88. The Morgan fingerprint density at radius 2 is 2.21 bits per heavy atom. The van der Waals surface area contributed by atoms with Crippen LogP contribution in [0, 0.1) is 0 Å². The maximum atomic E-state index is 12.3. The predicted molar refractivity (Wildman–Crippen MR) is 69.7 cm³/mol. The largest absolute Gasteiger partial charge is 0.326 e. The summed E-state index contributed by atoms with van der Waals surface area (Å²) < 4.78 is 0. The summed E-state index contributed by atoms with van der Waals surface area (Å²) in [5.74, 6) is -1.09. The lowest BCUT2D eigenvalue weighted by Gasteiger charge is -2.25. The van der Waals surface area contributed by atoms with E-state index in [1.165, 1.54) is 4.90 Å². The molecule has 1 aliphatic heterocycles. The van der Waals surface area contributed by atoms with Gasteiger partial charge < -0.3 is 4.90 Å². The molecule has 1 aromatic carbocycles. The first-order chi connectivity index (χ1) is 9.02. The van der Waals surface area contributed by atoms with Gasteiger partial charge in [0.25, 0.3) is 5.91 Å². The van der Waals surface area contributed by atoms with Crippen LogP contribution < -0.4 is 5.32 Å². The van der Waals surface area contributed by atoms with Gasteiger partial charge >= 0.3 is 0 Å². The van der Waals surface area contributed by atoms with Crippen molar-refractivity contribution in [3.8, 4) is 0 Å². The molecule has 5 nitrogen and oxygen atoms in total. The number of amides is 3. The van der Waals surface area contributed by atoms with Gasteiger partial charge in [-0.3, -0.25) is 19.7 Å². The van der Waals surface area contributed by atoms with Gasteiger partial charge in [0.05, 0.1) is 6.42 Å². The lowest BCUT2D eigenvalue weighted by Crippen LogP contribution is -2.44. The van der Waals surface area contributed by atoms with Crippen molar-refractivity contribution in [3.05, 3.63) is 34.9 Å². The van der Waals surface area contributed by atoms with Crippen LogP contribution in [-0.2, 0) is 9.59 Å². The van der Waals surface area contributed by atoms with Gasteiger partial charge in [0.2, 0.25) is 11.8 Å². The Balaban J connectivity index is 2.25. The molecule has 0 bridgehead atoms. The number of carbonyl (C=O) groups excluding carboxylic acids is 3. The van der Waals surface area contributed by atoms with Gasteiger partial charge in [0.1, 0.15) is 6.04 Å². The molecular formula is C13H13ClN2O3. The number of rotatable bonds is 3. The van der Waals surface area contributed by atoms with Crippen LogP contribution >= 0.6 is 11.6 Å². The van der Waals surface area contributed by atoms with Crippen LogP contribution in [0.4, 0.5) is 0 Å². The molecule has 0 spiro atoms. The van der Waals surface area contributed by atoms with E-state index < -0.39 is 11.9 Å². The Morgan fingerprint density at radius 3 is 2.74 bits per heavy atom. The minimum absolute atomic E-state index is 0.0129. The van der Waals surface area contributed by atoms with E-state index in [-0.39, 0.29) is 18.2 Å². The smallest absolute Gasteiger partial charge is 0.254 e. The lowest BCUT2D eigenvalue weighted by molar-refractivity contribution is -0.126. The molecule has 100 valence electrons. The third kappa shape index (κ3) is 2.76. The number of imide groups is 1. The molecule has 6 heteroatoms. The Bertz CT molecular complexity index is 544. The van der Waals surface area contributed by atoms with Crippen LogP contribution in [0.3, 0.4) is 0 Å². The zero-order valence-corrected chi connectivity index (χ0v) is 11.1. The van der Waals surface area contributed by atoms with Gasteiger partial charge in [-0.05, 0) is 25.1 Å². The highest BCUT2D eigenvalue weighted by molar-refractivity contribution is 6.31. The van der Waals surface area contributed by atoms with Crippen molar-refractivity contribution in [1.29, 1.82) is 0 Å². The van der Waals surface area contributed by atoms with Crippen molar-refractivity contribution in [1.82, 2.24) is 10.2 Å². The summed E-state index contributed by atoms with van der Waals surface area (Å²) in [7, 11) is 0. The molecule has 2 rings (SSSR count). The minimum atomic E-state index is -0.732. The average molecular weight is 281 g/mol. The van der Waals surface area contributed by atoms with Gasteiger partial charge in [-0.15, -0.1) is 0 Å². The number of carbonyl (C=O) groups is 3. The van der Waals surface area contributed by atoms with Crippen LogP contribution in [0.1, 0.15) is 23.7 Å². The normalized spacial score (nSPS) is 18.3. The van der Waals surface area contributed by atoms with Crippen LogP contribution in [0.25, 0.3) is 0 Å². The number of nitrogens with zero attached hydrogens (tertiary/aromatic N) is 1. The first-order valence-corrected chi connectivity index (χ1v) is 6.31. The number of benzene rings is 1. The highest BCUT2D eigenvalue weighted by Crippen LogP contribution is 2.17. The second kappa shape index (κ2) is 5.40. The summed E-state index contributed by atoms with van der Waals surface area (Å²) in [6.45, 7) is 2.11. The lowest BCUT2D eigenvalue weighted by atomic mass is 10.1. The SMILES string of the molecule is CCN(C(=O)c1cccc(Cl)c1)C1CC(=O)NC1=O. The number of halogens is 1. The average Bonchev–Trinajstić information content (AvgIpc) is 2.69. The Kier molecular flexibility index (Phi) is 3.85. The van der Waals surface area contributed by atoms with E-state index in [0.717, 1.165) is 0 Å². The van der Waals surface area contributed by atoms with Gasteiger partial charge in [-0.2, -0.15) is 0 Å². The number of hydrogen-bond acceptors (Lipinski definition) is 3. The highest BCUT2D eigenvalue weighted by Gasteiger charge is 2.37. The fraction of sp³-hybridized carbons (Fsp3) is 0.308. The van der Waals surface area contributed by atoms with Gasteiger partial charge in [-0.1, -0.05) is 17.7 Å². The molecule has 19 heavy (non-hydrogen) atoms. The molecule has 0 saturated carbocycles. The fourth-order valence-electron chi connectivity index (χ4n) is 2.08. The zero-order chi connectivity index (χ0) is 14.0. The zero-order valence-electron chi connectivity index (χ0n) is 10.4. The summed E-state index contributed by atoms with van der Waals surface area (Å²) >= 11 is 5.84. The molecule has 1 aromatic rings. The third-order valence-electron chi connectivity index (χ3n) is 2.99. The summed E-state index contributed by atoms with van der Waals surface area (Å²) in [6.07, 6.45) is 0.0129. The van der Waals surface area contributed by atoms with Crippen molar-refractivity contribution in [3.63, 3.8) is 0 Å². The summed E-state index contributed by atoms with van der Waals surface area (Å²) in [5, 5.41) is 2.65. The molecule has 1 aliphatic rings. The standard InChI is InChI=1S/C13H13ClN2O3/c1-2-16(10-7-11(17)15-12(10)18)13(19)8-4-3-5-9(14)6-8/h3-6,10H,2,7H2,1H3,(H,15,17,18). The molecule has 0 aromatic heterocycles. The molecule has 1 N–H and O–H groups in total. The van der Waals surface area contributed by atoms with Gasteiger partial charge in [0, 0.05) is 17.1 Å². The molecule has 1 heterocycles. The highest BCUT2D eigenvalue weighted by atomic mass is 35.5. The molecule has 3 amide bonds. The first kappa shape index (κ1) is 13.5. The van der Waals surface area contributed by atoms with E-state index in [4.69, 9.17) is 11.6 Å². The van der Waals surface area contributed by atoms with E-state index in [1.54, 1.807) is 31.2 Å². The van der Waals surface area contributed by atoms with Crippen molar-refractivity contribution < 1.29 is 14.4 Å². The Morgan fingerprint density at radius 1 is 1.47 bits per heavy atom. The molecule has 1 atom stereocenters. The van der Waals surface area contributed by atoms with Crippen molar-refractivity contribution in [2.45, 2.75) is 19.4 Å². The van der Waals surface area contributed by atoms with Gasteiger partial charge in [-0.25, -0.2) is 0 Å². The maximum absolute atomic E-state index is 12.3. The second-order valence-electron chi connectivity index (χ2n) is 4.23. The molecule has 0 aliphatic carbocycles. The molecule has 0 radical (unpaired) electrons. The first-order valence-electron chi connectivity index (χ1n) is 5.93. The monoisotopic (exact) mass is 280 g/mol. The predicted octanol–water partition coefficient (Wildman–Crippen LogP) is 1.22. The molecule has 1 saturated heterocycles. The van der Waals surface area contributed by atoms with Crippen LogP contribution in [-0.4, -0.2) is 35.2 Å². The maximum Gasteiger partial charge on any atom is 0.254 e. The topological polar surface area (TPSA) is 66.5 Å². The van der Waals surface area contributed by atoms with Crippen molar-refractivity contribution >= 4 is 29.3 Å². The van der Waals surface area contributed by atoms with Crippen LogP contribution in [0.15, 0.2) is 24.3 Å². The summed E-state index contributed by atoms with van der Waals surface area (Å²) in [4.78, 5) is 36.6. The van der Waals surface area contributed by atoms with Crippen molar-refractivity contribution in [2.75, 3.05) is 6.54 Å². The summed E-state index contributed by atoms with van der Waals surface area (Å²) in [6, 6.07) is 5.78. The van der Waals surface area contributed by atoms with Crippen molar-refractivity contribution in [2.24, 2.45) is 0 Å². The number of hydrogen-bond donors (Lipinski definition) is 1.